The van der Waals surface area contributed by atoms with Crippen molar-refractivity contribution in [3.05, 3.63) is 12.3 Å². The highest BCUT2D eigenvalue weighted by Crippen LogP contribution is 2.16. The van der Waals surface area contributed by atoms with Crippen molar-refractivity contribution in [2.24, 2.45) is 5.84 Å². The lowest BCUT2D eigenvalue weighted by atomic mass is 10.2. The zero-order valence-corrected chi connectivity index (χ0v) is 9.39. The predicted octanol–water partition coefficient (Wildman–Crippen LogP) is 0.377. The van der Waals surface area contributed by atoms with Gasteiger partial charge >= 0.3 is 0 Å². The molecule has 88 valence electrons. The zero-order valence-electron chi connectivity index (χ0n) is 9.39. The summed E-state index contributed by atoms with van der Waals surface area (Å²) in [5.41, 5.74) is 2.45. The molecular formula is C10H17N5O. The third-order valence-corrected chi connectivity index (χ3v) is 2.69. The zero-order chi connectivity index (χ0) is 11.4. The summed E-state index contributed by atoms with van der Waals surface area (Å²) in [7, 11) is 0. The van der Waals surface area contributed by atoms with Crippen LogP contribution in [0.15, 0.2) is 12.3 Å². The van der Waals surface area contributed by atoms with Gasteiger partial charge in [-0.3, -0.25) is 5.43 Å². The summed E-state index contributed by atoms with van der Waals surface area (Å²) in [6.45, 7) is 4.60. The van der Waals surface area contributed by atoms with Crippen LogP contribution < -0.4 is 16.2 Å². The van der Waals surface area contributed by atoms with Gasteiger partial charge in [-0.2, -0.15) is 4.98 Å². The van der Waals surface area contributed by atoms with Gasteiger partial charge in [-0.25, -0.2) is 10.8 Å². The predicted molar refractivity (Wildman–Crippen MR) is 62.1 cm³/mol. The molecule has 1 aromatic rings. The standard InChI is InChI=1S/C10H17N5O/c1-2-8-7-15(5-6-16-8)9-3-4-12-10(13-9)14-11/h3-4,8H,2,5-7,11H2,1H3,(H,12,13,14). The van der Waals surface area contributed by atoms with Gasteiger partial charge < -0.3 is 9.64 Å². The van der Waals surface area contributed by atoms with E-state index in [1.54, 1.807) is 6.20 Å². The van der Waals surface area contributed by atoms with Crippen LogP contribution in [-0.4, -0.2) is 35.8 Å². The Morgan fingerprint density at radius 2 is 2.56 bits per heavy atom. The summed E-state index contributed by atoms with van der Waals surface area (Å²) < 4.78 is 5.61. The van der Waals surface area contributed by atoms with Gasteiger partial charge in [0.25, 0.3) is 0 Å². The van der Waals surface area contributed by atoms with E-state index in [9.17, 15) is 0 Å². The minimum atomic E-state index is 0.290. The normalized spacial score (nSPS) is 20.9. The van der Waals surface area contributed by atoms with E-state index in [1.165, 1.54) is 0 Å². The number of rotatable bonds is 3. The molecule has 0 aliphatic carbocycles. The fraction of sp³-hybridized carbons (Fsp3) is 0.600. The summed E-state index contributed by atoms with van der Waals surface area (Å²) in [6, 6.07) is 1.89. The maximum Gasteiger partial charge on any atom is 0.239 e. The number of nitrogens with two attached hydrogens (primary N) is 1. The Kier molecular flexibility index (Phi) is 3.53. The molecule has 0 amide bonds. The van der Waals surface area contributed by atoms with Crippen LogP contribution in [0.4, 0.5) is 11.8 Å². The maximum absolute atomic E-state index is 5.61. The van der Waals surface area contributed by atoms with Crippen molar-refractivity contribution in [2.75, 3.05) is 30.0 Å². The Labute approximate surface area is 94.8 Å². The Morgan fingerprint density at radius 1 is 1.69 bits per heavy atom. The number of morpholine rings is 1. The quantitative estimate of drug-likeness (QED) is 0.570. The lowest BCUT2D eigenvalue weighted by molar-refractivity contribution is 0.0381. The molecule has 0 aromatic carbocycles. The second-order valence-electron chi connectivity index (χ2n) is 3.73. The number of nitrogen functional groups attached to an aromatic ring is 1. The molecule has 1 saturated heterocycles. The van der Waals surface area contributed by atoms with Crippen molar-refractivity contribution in [1.82, 2.24) is 9.97 Å². The van der Waals surface area contributed by atoms with Crippen LogP contribution in [0.25, 0.3) is 0 Å². The van der Waals surface area contributed by atoms with Crippen molar-refractivity contribution in [1.29, 1.82) is 0 Å². The molecular weight excluding hydrogens is 206 g/mol. The molecule has 1 atom stereocenters. The Morgan fingerprint density at radius 3 is 3.31 bits per heavy atom. The smallest absolute Gasteiger partial charge is 0.239 e. The van der Waals surface area contributed by atoms with Gasteiger partial charge in [0.2, 0.25) is 5.95 Å². The first-order chi connectivity index (χ1) is 7.83. The fourth-order valence-corrected chi connectivity index (χ4v) is 1.77. The fourth-order valence-electron chi connectivity index (χ4n) is 1.77. The summed E-state index contributed by atoms with van der Waals surface area (Å²) >= 11 is 0. The van der Waals surface area contributed by atoms with Gasteiger partial charge in [0.1, 0.15) is 5.82 Å². The number of nitrogens with zero attached hydrogens (tertiary/aromatic N) is 3. The molecule has 16 heavy (non-hydrogen) atoms. The maximum atomic E-state index is 5.61. The number of hydrazine groups is 1. The van der Waals surface area contributed by atoms with E-state index in [2.05, 4.69) is 27.2 Å². The minimum absolute atomic E-state index is 0.290. The second-order valence-corrected chi connectivity index (χ2v) is 3.73. The minimum Gasteiger partial charge on any atom is -0.375 e. The molecule has 3 N–H and O–H groups in total. The lowest BCUT2D eigenvalue weighted by Gasteiger charge is -2.33. The number of anilines is 2. The van der Waals surface area contributed by atoms with E-state index < -0.39 is 0 Å². The molecule has 6 nitrogen and oxygen atoms in total. The molecule has 2 rings (SSSR count). The van der Waals surface area contributed by atoms with Crippen molar-refractivity contribution in [3.63, 3.8) is 0 Å². The summed E-state index contributed by atoms with van der Waals surface area (Å²) in [5, 5.41) is 0. The molecule has 2 heterocycles. The van der Waals surface area contributed by atoms with Crippen molar-refractivity contribution in [2.45, 2.75) is 19.4 Å². The van der Waals surface area contributed by atoms with Crippen LogP contribution in [0.5, 0.6) is 0 Å². The van der Waals surface area contributed by atoms with Crippen LogP contribution >= 0.6 is 0 Å². The topological polar surface area (TPSA) is 76.3 Å². The molecule has 1 aromatic heterocycles. The first-order valence-corrected chi connectivity index (χ1v) is 5.49. The number of aromatic nitrogens is 2. The molecule has 0 bridgehead atoms. The van der Waals surface area contributed by atoms with Crippen LogP contribution in [0.3, 0.4) is 0 Å². The molecule has 0 spiro atoms. The number of nitrogens with one attached hydrogen (secondary N) is 1. The highest BCUT2D eigenvalue weighted by atomic mass is 16.5. The van der Waals surface area contributed by atoms with Gasteiger partial charge in [0.05, 0.1) is 12.7 Å². The number of ether oxygens (including phenoxy) is 1. The summed E-state index contributed by atoms with van der Waals surface area (Å²) in [4.78, 5) is 10.5. The highest BCUT2D eigenvalue weighted by molar-refractivity contribution is 5.42. The highest BCUT2D eigenvalue weighted by Gasteiger charge is 2.20. The number of hydrogen-bond donors (Lipinski definition) is 2. The Hall–Kier alpha value is -1.40. The van der Waals surface area contributed by atoms with Crippen molar-refractivity contribution in [3.8, 4) is 0 Å². The molecule has 6 heteroatoms. The molecule has 0 radical (unpaired) electrons. The summed E-state index contributed by atoms with van der Waals surface area (Å²) in [5.74, 6) is 6.62. The van der Waals surface area contributed by atoms with Gasteiger partial charge in [0.15, 0.2) is 0 Å². The van der Waals surface area contributed by atoms with Gasteiger partial charge in [-0.1, -0.05) is 6.92 Å². The van der Waals surface area contributed by atoms with Crippen molar-refractivity contribution >= 4 is 11.8 Å². The van der Waals surface area contributed by atoms with Gasteiger partial charge in [-0.05, 0) is 12.5 Å². The lowest BCUT2D eigenvalue weighted by Crippen LogP contribution is -2.42. The monoisotopic (exact) mass is 223 g/mol. The van der Waals surface area contributed by atoms with Gasteiger partial charge in [-0.15, -0.1) is 0 Å². The van der Waals surface area contributed by atoms with Crippen LogP contribution in [0.2, 0.25) is 0 Å². The average molecular weight is 223 g/mol. The Bertz CT molecular complexity index is 346. The third-order valence-electron chi connectivity index (χ3n) is 2.69. The van der Waals surface area contributed by atoms with Crippen molar-refractivity contribution < 1.29 is 4.74 Å². The van der Waals surface area contributed by atoms with Crippen LogP contribution in [0.1, 0.15) is 13.3 Å². The van der Waals surface area contributed by atoms with Crippen LogP contribution in [0, 0.1) is 0 Å². The average Bonchev–Trinajstić information content (AvgIpc) is 2.39. The molecule has 1 aliphatic rings. The molecule has 1 fully saturated rings. The van der Waals surface area contributed by atoms with Crippen LogP contribution in [-0.2, 0) is 4.74 Å². The first kappa shape index (κ1) is 11.1. The van der Waals surface area contributed by atoms with Gasteiger partial charge in [0, 0.05) is 19.3 Å². The van der Waals surface area contributed by atoms with E-state index in [1.807, 2.05) is 6.07 Å². The van der Waals surface area contributed by atoms with E-state index >= 15 is 0 Å². The van der Waals surface area contributed by atoms with E-state index in [-0.39, 0.29) is 6.10 Å². The molecule has 0 saturated carbocycles. The largest absolute Gasteiger partial charge is 0.375 e. The third kappa shape index (κ3) is 2.40. The SMILES string of the molecule is CCC1CN(c2ccnc(NN)n2)CCO1. The molecule has 1 aliphatic heterocycles. The number of hydrogen-bond acceptors (Lipinski definition) is 6. The second kappa shape index (κ2) is 5.09. The van der Waals surface area contributed by atoms with E-state index in [4.69, 9.17) is 10.6 Å². The van der Waals surface area contributed by atoms with E-state index in [0.717, 1.165) is 31.9 Å². The Balaban J connectivity index is 2.10. The van der Waals surface area contributed by atoms with E-state index in [0.29, 0.717) is 5.95 Å². The first-order valence-electron chi connectivity index (χ1n) is 5.49. The summed E-state index contributed by atoms with van der Waals surface area (Å²) in [6.07, 6.45) is 3.01. The molecule has 1 unspecified atom stereocenters.